The van der Waals surface area contributed by atoms with Crippen LogP contribution in [0.25, 0.3) is 0 Å². The summed E-state index contributed by atoms with van der Waals surface area (Å²) < 4.78 is 5.31. The van der Waals surface area contributed by atoms with E-state index in [1.54, 1.807) is 18.2 Å². The Morgan fingerprint density at radius 1 is 1.60 bits per heavy atom. The van der Waals surface area contributed by atoms with Crippen LogP contribution in [0.1, 0.15) is 18.9 Å². The molecule has 0 unspecified atom stereocenters. The van der Waals surface area contributed by atoms with Gasteiger partial charge >= 0.3 is 5.97 Å². The summed E-state index contributed by atoms with van der Waals surface area (Å²) in [5.41, 5.74) is 0.856. The highest BCUT2D eigenvalue weighted by atomic mass is 16.5. The minimum absolute atomic E-state index is 0.00949. The second-order valence-corrected chi connectivity index (χ2v) is 4.47. The van der Waals surface area contributed by atoms with E-state index in [1.807, 2.05) is 13.0 Å². The number of rotatable bonds is 4. The maximum atomic E-state index is 11.8. The van der Waals surface area contributed by atoms with Gasteiger partial charge in [0.15, 0.2) is 0 Å². The molecular weight excluding hydrogens is 260 g/mol. The lowest BCUT2D eigenvalue weighted by atomic mass is 10.1. The Balaban J connectivity index is 2.28. The number of carboxylic acid groups (broad SMARTS) is 1. The Kier molecular flexibility index (Phi) is 3.89. The molecule has 1 aromatic carbocycles. The summed E-state index contributed by atoms with van der Waals surface area (Å²) in [5.74, 6) is -1.46. The van der Waals surface area contributed by atoms with Crippen LogP contribution in [0.3, 0.4) is 0 Å². The predicted octanol–water partition coefficient (Wildman–Crippen LogP) is 1.39. The first kappa shape index (κ1) is 13.9. The zero-order valence-electron chi connectivity index (χ0n) is 11.0. The fraction of sp³-hybridized carbons (Fsp3) is 0.357. The lowest BCUT2D eigenvalue weighted by Crippen LogP contribution is -2.25. The van der Waals surface area contributed by atoms with E-state index < -0.39 is 11.9 Å². The summed E-state index contributed by atoms with van der Waals surface area (Å²) in [4.78, 5) is 24.2. The number of nitrogens with zero attached hydrogens (tertiary/aromatic N) is 2. The lowest BCUT2D eigenvalue weighted by Gasteiger charge is -2.17. The second kappa shape index (κ2) is 5.61. The molecule has 1 fully saturated rings. The van der Waals surface area contributed by atoms with Crippen LogP contribution in [0, 0.1) is 17.2 Å². The van der Waals surface area contributed by atoms with E-state index in [9.17, 15) is 9.59 Å². The van der Waals surface area contributed by atoms with Gasteiger partial charge in [-0.1, -0.05) is 0 Å². The monoisotopic (exact) mass is 274 g/mol. The normalized spacial score (nSPS) is 17.9. The smallest absolute Gasteiger partial charge is 0.308 e. The number of nitriles is 1. The van der Waals surface area contributed by atoms with Crippen LogP contribution in [0.2, 0.25) is 0 Å². The summed E-state index contributed by atoms with van der Waals surface area (Å²) in [6.45, 7) is 2.39. The van der Waals surface area contributed by atoms with Crippen molar-refractivity contribution in [2.45, 2.75) is 13.3 Å². The van der Waals surface area contributed by atoms with Crippen molar-refractivity contribution in [2.75, 3.05) is 18.1 Å². The van der Waals surface area contributed by atoms with E-state index >= 15 is 0 Å². The average Bonchev–Trinajstić information content (AvgIpc) is 2.82. The Bertz CT molecular complexity index is 591. The summed E-state index contributed by atoms with van der Waals surface area (Å²) >= 11 is 0. The lowest BCUT2D eigenvalue weighted by molar-refractivity contribution is -0.141. The minimum Gasteiger partial charge on any atom is -0.492 e. The molecule has 1 atom stereocenters. The van der Waals surface area contributed by atoms with E-state index in [-0.39, 0.29) is 18.9 Å². The highest BCUT2D eigenvalue weighted by Gasteiger charge is 2.35. The first-order chi connectivity index (χ1) is 9.56. The summed E-state index contributed by atoms with van der Waals surface area (Å²) in [6.07, 6.45) is -0.00949. The largest absolute Gasteiger partial charge is 0.492 e. The van der Waals surface area contributed by atoms with Gasteiger partial charge < -0.3 is 14.7 Å². The van der Waals surface area contributed by atoms with Crippen LogP contribution in [0.5, 0.6) is 5.75 Å². The van der Waals surface area contributed by atoms with Crippen molar-refractivity contribution in [2.24, 2.45) is 5.92 Å². The van der Waals surface area contributed by atoms with E-state index in [2.05, 4.69) is 0 Å². The fourth-order valence-electron chi connectivity index (χ4n) is 2.18. The number of hydrogen-bond acceptors (Lipinski definition) is 4. The molecule has 104 valence electrons. The van der Waals surface area contributed by atoms with E-state index in [0.717, 1.165) is 0 Å². The number of ether oxygens (including phenoxy) is 1. The van der Waals surface area contributed by atoms with Crippen molar-refractivity contribution in [1.29, 1.82) is 5.26 Å². The third kappa shape index (κ3) is 2.57. The molecule has 0 radical (unpaired) electrons. The van der Waals surface area contributed by atoms with Crippen molar-refractivity contribution >= 4 is 17.6 Å². The van der Waals surface area contributed by atoms with Gasteiger partial charge in [-0.05, 0) is 25.1 Å². The van der Waals surface area contributed by atoms with Crippen LogP contribution in [-0.2, 0) is 9.59 Å². The molecule has 0 spiro atoms. The maximum Gasteiger partial charge on any atom is 0.308 e. The first-order valence-electron chi connectivity index (χ1n) is 6.27. The van der Waals surface area contributed by atoms with Crippen molar-refractivity contribution < 1.29 is 19.4 Å². The topological polar surface area (TPSA) is 90.6 Å². The van der Waals surface area contributed by atoms with Crippen molar-refractivity contribution in [1.82, 2.24) is 0 Å². The molecule has 1 N–H and O–H groups in total. The number of carboxylic acids is 1. The Labute approximate surface area is 116 Å². The molecule has 1 aliphatic rings. The number of benzene rings is 1. The van der Waals surface area contributed by atoms with E-state index in [4.69, 9.17) is 15.1 Å². The second-order valence-electron chi connectivity index (χ2n) is 4.47. The van der Waals surface area contributed by atoms with Crippen LogP contribution in [0.15, 0.2) is 18.2 Å². The molecule has 0 bridgehead atoms. The first-order valence-corrected chi connectivity index (χ1v) is 6.27. The molecule has 1 aliphatic heterocycles. The third-order valence-corrected chi connectivity index (χ3v) is 3.17. The number of carbonyl (C=O) groups excluding carboxylic acids is 1. The minimum atomic E-state index is -0.979. The number of hydrogen-bond donors (Lipinski definition) is 1. The SMILES string of the molecule is CCOc1ccc(N2C[C@H](C(=O)O)CC2=O)cc1C#N. The summed E-state index contributed by atoms with van der Waals surface area (Å²) in [6, 6.07) is 6.85. The van der Waals surface area contributed by atoms with Crippen molar-refractivity contribution in [3.63, 3.8) is 0 Å². The zero-order valence-corrected chi connectivity index (χ0v) is 11.0. The van der Waals surface area contributed by atoms with Crippen LogP contribution in [-0.4, -0.2) is 30.1 Å². The van der Waals surface area contributed by atoms with Gasteiger partial charge in [0.2, 0.25) is 5.91 Å². The molecule has 2 rings (SSSR count). The van der Waals surface area contributed by atoms with Gasteiger partial charge in [0.25, 0.3) is 0 Å². The molecule has 6 heteroatoms. The number of aliphatic carboxylic acids is 1. The Morgan fingerprint density at radius 2 is 2.35 bits per heavy atom. The highest BCUT2D eigenvalue weighted by molar-refractivity contribution is 5.99. The molecule has 1 saturated heterocycles. The molecule has 20 heavy (non-hydrogen) atoms. The molecule has 1 amide bonds. The van der Waals surface area contributed by atoms with Gasteiger partial charge in [-0.2, -0.15) is 5.26 Å². The standard InChI is InChI=1S/C14H14N2O4/c1-2-20-12-4-3-11(5-9(12)7-15)16-8-10(14(18)19)6-13(16)17/h3-5,10H,2,6,8H2,1H3,(H,18,19)/t10-/m1/s1. The van der Waals surface area contributed by atoms with E-state index in [0.29, 0.717) is 23.6 Å². The summed E-state index contributed by atoms with van der Waals surface area (Å²) in [5, 5.41) is 18.1. The number of carbonyl (C=O) groups is 2. The van der Waals surface area contributed by atoms with Gasteiger partial charge in [-0.3, -0.25) is 9.59 Å². The molecule has 0 aliphatic carbocycles. The van der Waals surface area contributed by atoms with Crippen LogP contribution < -0.4 is 9.64 Å². The van der Waals surface area contributed by atoms with Crippen LogP contribution >= 0.6 is 0 Å². The fourth-order valence-corrected chi connectivity index (χ4v) is 2.18. The number of anilines is 1. The van der Waals surface area contributed by atoms with Crippen molar-refractivity contribution in [3.8, 4) is 11.8 Å². The number of amides is 1. The third-order valence-electron chi connectivity index (χ3n) is 3.17. The molecule has 1 aromatic rings. The van der Waals surface area contributed by atoms with Gasteiger partial charge in [0, 0.05) is 18.7 Å². The molecule has 6 nitrogen and oxygen atoms in total. The molecule has 0 saturated carbocycles. The molecule has 1 heterocycles. The van der Waals surface area contributed by atoms with Crippen LogP contribution in [0.4, 0.5) is 5.69 Å². The van der Waals surface area contributed by atoms with Gasteiger partial charge in [0.1, 0.15) is 11.8 Å². The Hall–Kier alpha value is -2.55. The highest BCUT2D eigenvalue weighted by Crippen LogP contribution is 2.29. The molecular formula is C14H14N2O4. The van der Waals surface area contributed by atoms with E-state index in [1.165, 1.54) is 4.90 Å². The average molecular weight is 274 g/mol. The van der Waals surface area contributed by atoms with Gasteiger partial charge in [-0.15, -0.1) is 0 Å². The van der Waals surface area contributed by atoms with Gasteiger partial charge in [-0.25, -0.2) is 0 Å². The predicted molar refractivity (Wildman–Crippen MR) is 70.4 cm³/mol. The zero-order chi connectivity index (χ0) is 14.7. The quantitative estimate of drug-likeness (QED) is 0.896. The maximum absolute atomic E-state index is 11.8. The van der Waals surface area contributed by atoms with Gasteiger partial charge in [0.05, 0.1) is 18.1 Å². The Morgan fingerprint density at radius 3 is 2.90 bits per heavy atom. The molecule has 0 aromatic heterocycles. The van der Waals surface area contributed by atoms with Crippen molar-refractivity contribution in [3.05, 3.63) is 23.8 Å². The summed E-state index contributed by atoms with van der Waals surface area (Å²) in [7, 11) is 0.